The van der Waals surface area contributed by atoms with Crippen LogP contribution in [0.1, 0.15) is 0 Å². The molecule has 1 amide bonds. The third kappa shape index (κ3) is 3.84. The summed E-state index contributed by atoms with van der Waals surface area (Å²) in [7, 11) is 3.17. The molecule has 0 saturated heterocycles. The summed E-state index contributed by atoms with van der Waals surface area (Å²) >= 11 is 2.67. The number of thiophene rings is 1. The first-order valence-electron chi connectivity index (χ1n) is 8.49. The Morgan fingerprint density at radius 1 is 1.21 bits per heavy atom. The number of benzene rings is 1. The molecule has 0 atom stereocenters. The van der Waals surface area contributed by atoms with Crippen LogP contribution < -0.4 is 20.3 Å². The lowest BCUT2D eigenvalue weighted by Gasteiger charge is -2.08. The van der Waals surface area contributed by atoms with Crippen LogP contribution in [0.25, 0.3) is 21.5 Å². The number of anilines is 1. The monoisotopic (exact) mass is 428 g/mol. The van der Waals surface area contributed by atoms with E-state index in [-0.39, 0.29) is 18.0 Å². The Kier molecular flexibility index (Phi) is 5.28. The summed E-state index contributed by atoms with van der Waals surface area (Å²) in [5, 5.41) is 7.27. The standard InChI is InChI=1S/C19H16N4O4S2/c1-26-11-3-4-15(27-2)13(7-11)14-9-29-19(21-14)22-16(24)8-23-10-20-17-12(18(23)25)5-6-28-17/h3-7,9-10H,8H2,1-2H3,(H,21,22,24). The molecule has 0 radical (unpaired) electrons. The van der Waals surface area contributed by atoms with Crippen LogP contribution in [-0.4, -0.2) is 34.7 Å². The molecule has 0 aliphatic rings. The molecule has 148 valence electrons. The van der Waals surface area contributed by atoms with Crippen molar-refractivity contribution in [3.8, 4) is 22.8 Å². The van der Waals surface area contributed by atoms with E-state index in [9.17, 15) is 9.59 Å². The fourth-order valence-corrected chi connectivity index (χ4v) is 4.24. The number of methoxy groups -OCH3 is 2. The molecule has 4 aromatic rings. The third-order valence-corrected chi connectivity index (χ3v) is 5.78. The Balaban J connectivity index is 1.52. The van der Waals surface area contributed by atoms with Crippen LogP contribution in [-0.2, 0) is 11.3 Å². The van der Waals surface area contributed by atoms with Gasteiger partial charge in [-0.1, -0.05) is 0 Å². The minimum Gasteiger partial charge on any atom is -0.497 e. The second kappa shape index (κ2) is 8.02. The maximum absolute atomic E-state index is 12.4. The zero-order valence-electron chi connectivity index (χ0n) is 15.5. The van der Waals surface area contributed by atoms with Crippen LogP contribution in [0.2, 0.25) is 0 Å². The molecule has 0 spiro atoms. The molecular formula is C19H16N4O4S2. The van der Waals surface area contributed by atoms with Gasteiger partial charge < -0.3 is 14.8 Å². The van der Waals surface area contributed by atoms with Crippen molar-refractivity contribution >= 4 is 43.9 Å². The van der Waals surface area contributed by atoms with Crippen LogP contribution >= 0.6 is 22.7 Å². The number of thiazole rings is 1. The fourth-order valence-electron chi connectivity index (χ4n) is 2.79. The molecule has 0 aliphatic heterocycles. The number of nitrogens with zero attached hydrogens (tertiary/aromatic N) is 3. The van der Waals surface area contributed by atoms with Gasteiger partial charge in [0.1, 0.15) is 22.9 Å². The Labute approximate surface area is 173 Å². The van der Waals surface area contributed by atoms with Crippen LogP contribution in [0.3, 0.4) is 0 Å². The molecule has 1 aromatic carbocycles. The van der Waals surface area contributed by atoms with Gasteiger partial charge in [-0.25, -0.2) is 9.97 Å². The van der Waals surface area contributed by atoms with Crippen LogP contribution in [0.5, 0.6) is 11.5 Å². The van der Waals surface area contributed by atoms with Gasteiger partial charge in [0.05, 0.1) is 31.6 Å². The van der Waals surface area contributed by atoms with E-state index in [4.69, 9.17) is 9.47 Å². The van der Waals surface area contributed by atoms with Gasteiger partial charge in [0.25, 0.3) is 5.56 Å². The van der Waals surface area contributed by atoms with E-state index in [0.717, 1.165) is 5.56 Å². The Morgan fingerprint density at radius 3 is 2.86 bits per heavy atom. The predicted octanol–water partition coefficient (Wildman–Crippen LogP) is 3.24. The van der Waals surface area contributed by atoms with E-state index >= 15 is 0 Å². The van der Waals surface area contributed by atoms with Crippen LogP contribution in [0.4, 0.5) is 5.13 Å². The van der Waals surface area contributed by atoms with E-state index in [1.807, 2.05) is 11.4 Å². The van der Waals surface area contributed by atoms with Crippen molar-refractivity contribution in [2.45, 2.75) is 6.54 Å². The second-order valence-electron chi connectivity index (χ2n) is 5.97. The summed E-state index contributed by atoms with van der Waals surface area (Å²) in [4.78, 5) is 34.1. The molecule has 0 aliphatic carbocycles. The van der Waals surface area contributed by atoms with Crippen LogP contribution in [0, 0.1) is 0 Å². The number of fused-ring (bicyclic) bond motifs is 1. The fraction of sp³-hybridized carbons (Fsp3) is 0.158. The number of carbonyl (C=O) groups is 1. The first-order chi connectivity index (χ1) is 14.1. The molecule has 0 saturated carbocycles. The topological polar surface area (TPSA) is 95.3 Å². The van der Waals surface area contributed by atoms with E-state index in [1.54, 1.807) is 37.8 Å². The summed E-state index contributed by atoms with van der Waals surface area (Å²) in [5.74, 6) is 0.965. The Bertz CT molecular complexity index is 1240. The first kappa shape index (κ1) is 19.1. The molecular weight excluding hydrogens is 412 g/mol. The van der Waals surface area contributed by atoms with Crippen molar-refractivity contribution in [3.05, 3.63) is 51.7 Å². The minimum atomic E-state index is -0.359. The number of rotatable bonds is 6. The summed E-state index contributed by atoms with van der Waals surface area (Å²) in [6, 6.07) is 7.12. The van der Waals surface area contributed by atoms with E-state index in [1.165, 1.54) is 33.6 Å². The van der Waals surface area contributed by atoms with Crippen molar-refractivity contribution in [1.82, 2.24) is 14.5 Å². The summed E-state index contributed by atoms with van der Waals surface area (Å²) in [6.07, 6.45) is 1.38. The lowest BCUT2D eigenvalue weighted by molar-refractivity contribution is -0.116. The highest BCUT2D eigenvalue weighted by Gasteiger charge is 2.14. The maximum Gasteiger partial charge on any atom is 0.262 e. The van der Waals surface area contributed by atoms with Crippen molar-refractivity contribution in [3.63, 3.8) is 0 Å². The molecule has 0 bridgehead atoms. The van der Waals surface area contributed by atoms with Gasteiger partial charge in [0, 0.05) is 10.9 Å². The van der Waals surface area contributed by atoms with Crippen molar-refractivity contribution in [2.75, 3.05) is 19.5 Å². The molecule has 1 N–H and O–H groups in total. The number of carbonyl (C=O) groups excluding carboxylic acids is 1. The SMILES string of the molecule is COc1ccc(OC)c(-c2csc(NC(=O)Cn3cnc4sccc4c3=O)n2)c1. The van der Waals surface area contributed by atoms with Gasteiger partial charge in [0.2, 0.25) is 5.91 Å². The Morgan fingerprint density at radius 2 is 2.07 bits per heavy atom. The predicted molar refractivity (Wildman–Crippen MR) is 113 cm³/mol. The average Bonchev–Trinajstić information content (AvgIpc) is 3.39. The summed E-state index contributed by atoms with van der Waals surface area (Å²) < 4.78 is 11.9. The molecule has 29 heavy (non-hydrogen) atoms. The number of nitrogens with one attached hydrogen (secondary N) is 1. The summed E-state index contributed by atoms with van der Waals surface area (Å²) in [6.45, 7) is -0.144. The number of ether oxygens (including phenoxy) is 2. The molecule has 0 unspecified atom stereocenters. The van der Waals surface area contributed by atoms with Crippen molar-refractivity contribution in [1.29, 1.82) is 0 Å². The number of amides is 1. The van der Waals surface area contributed by atoms with E-state index in [0.29, 0.717) is 32.5 Å². The zero-order valence-corrected chi connectivity index (χ0v) is 17.2. The zero-order chi connectivity index (χ0) is 20.4. The van der Waals surface area contributed by atoms with Gasteiger partial charge in [-0.3, -0.25) is 14.2 Å². The minimum absolute atomic E-state index is 0.144. The summed E-state index contributed by atoms with van der Waals surface area (Å²) in [5.41, 5.74) is 1.17. The van der Waals surface area contributed by atoms with Crippen molar-refractivity contribution in [2.24, 2.45) is 0 Å². The van der Waals surface area contributed by atoms with Crippen molar-refractivity contribution < 1.29 is 14.3 Å². The van der Waals surface area contributed by atoms with E-state index < -0.39 is 0 Å². The van der Waals surface area contributed by atoms with Crippen LogP contribution in [0.15, 0.2) is 46.1 Å². The second-order valence-corrected chi connectivity index (χ2v) is 7.72. The maximum atomic E-state index is 12.4. The van der Waals surface area contributed by atoms with E-state index in [2.05, 4.69) is 15.3 Å². The van der Waals surface area contributed by atoms with Gasteiger partial charge in [-0.15, -0.1) is 22.7 Å². The molecule has 8 nitrogen and oxygen atoms in total. The molecule has 3 aromatic heterocycles. The van der Waals surface area contributed by atoms with Gasteiger partial charge in [-0.2, -0.15) is 0 Å². The number of aromatic nitrogens is 3. The highest BCUT2D eigenvalue weighted by molar-refractivity contribution is 7.16. The normalized spacial score (nSPS) is 10.8. The molecule has 10 heteroatoms. The lowest BCUT2D eigenvalue weighted by Crippen LogP contribution is -2.27. The number of hydrogen-bond acceptors (Lipinski definition) is 8. The highest BCUT2D eigenvalue weighted by atomic mass is 32.1. The Hall–Kier alpha value is -3.24. The average molecular weight is 428 g/mol. The molecule has 0 fully saturated rings. The van der Waals surface area contributed by atoms with Gasteiger partial charge in [-0.05, 0) is 29.6 Å². The first-order valence-corrected chi connectivity index (χ1v) is 10.3. The highest BCUT2D eigenvalue weighted by Crippen LogP contribution is 2.35. The van der Waals surface area contributed by atoms with Gasteiger partial charge >= 0.3 is 0 Å². The molecule has 4 rings (SSSR count). The molecule has 3 heterocycles. The van der Waals surface area contributed by atoms with Gasteiger partial charge in [0.15, 0.2) is 5.13 Å². The third-order valence-electron chi connectivity index (χ3n) is 4.20. The number of hydrogen-bond donors (Lipinski definition) is 1. The largest absolute Gasteiger partial charge is 0.497 e. The lowest BCUT2D eigenvalue weighted by atomic mass is 10.1. The quantitative estimate of drug-likeness (QED) is 0.507. The smallest absolute Gasteiger partial charge is 0.262 e.